The molecule has 1 aromatic heterocycles. The molecule has 164 valence electrons. The van der Waals surface area contributed by atoms with Crippen molar-refractivity contribution in [3.8, 4) is 0 Å². The van der Waals surface area contributed by atoms with Crippen molar-refractivity contribution in [2.24, 2.45) is 0 Å². The molecule has 1 N–H and O–H groups in total. The molecule has 0 saturated heterocycles. The number of fused-ring (bicyclic) bond motifs is 1. The minimum atomic E-state index is -1.16. The van der Waals surface area contributed by atoms with E-state index in [0.29, 0.717) is 16.7 Å². The molecule has 0 bridgehead atoms. The van der Waals surface area contributed by atoms with Gasteiger partial charge in [-0.15, -0.1) is 0 Å². The number of rotatable bonds is 4. The number of hydrogen-bond acceptors (Lipinski definition) is 4. The number of amides is 1. The van der Waals surface area contributed by atoms with E-state index in [-0.39, 0.29) is 16.9 Å². The molecule has 5 nitrogen and oxygen atoms in total. The van der Waals surface area contributed by atoms with Gasteiger partial charge in [0.05, 0.1) is 11.6 Å². The van der Waals surface area contributed by atoms with Gasteiger partial charge < -0.3 is 9.52 Å². The molecule has 1 amide bonds. The lowest BCUT2D eigenvalue weighted by Gasteiger charge is -2.28. The second kappa shape index (κ2) is 8.01. The van der Waals surface area contributed by atoms with Crippen molar-refractivity contribution in [1.82, 2.24) is 0 Å². The summed E-state index contributed by atoms with van der Waals surface area (Å²) in [5.74, 6) is -2.83. The summed E-state index contributed by atoms with van der Waals surface area (Å²) in [5.41, 5.74) is 1.55. The molecule has 0 saturated carbocycles. The van der Waals surface area contributed by atoms with Gasteiger partial charge in [0.15, 0.2) is 11.5 Å². The van der Waals surface area contributed by atoms with Crippen LogP contribution in [0.2, 0.25) is 0 Å². The van der Waals surface area contributed by atoms with Crippen LogP contribution >= 0.6 is 15.9 Å². The van der Waals surface area contributed by atoms with Crippen molar-refractivity contribution in [2.75, 3.05) is 4.90 Å². The fraction of sp³-hybridized carbons (Fsp3) is 0.0769. The van der Waals surface area contributed by atoms with Crippen LogP contribution in [0.5, 0.6) is 0 Å². The largest absolute Gasteiger partial charge is 0.503 e. The molecule has 33 heavy (non-hydrogen) atoms. The fourth-order valence-corrected chi connectivity index (χ4v) is 4.55. The van der Waals surface area contributed by atoms with E-state index in [4.69, 9.17) is 4.42 Å². The quantitative estimate of drug-likeness (QED) is 0.324. The standard InChI is InChI=1S/C26H17BrFNO4/c1-14-6-2-5-9-19(14)29-23(17-7-3-4-8-18(17)28)22(25(31)26(29)32)24(30)21-13-15-12-16(27)10-11-20(15)33-21/h2-13,23,31H,1H3. The third-order valence-electron chi connectivity index (χ3n) is 5.73. The summed E-state index contributed by atoms with van der Waals surface area (Å²) >= 11 is 3.38. The number of carbonyl (C=O) groups is 2. The van der Waals surface area contributed by atoms with Gasteiger partial charge in [-0.1, -0.05) is 52.3 Å². The molecule has 4 aromatic rings. The number of aryl methyl sites for hydroxylation is 1. The Morgan fingerprint density at radius 2 is 1.79 bits per heavy atom. The molecule has 0 fully saturated rings. The number of ketones is 1. The van der Waals surface area contributed by atoms with Crippen molar-refractivity contribution in [3.63, 3.8) is 0 Å². The van der Waals surface area contributed by atoms with Crippen molar-refractivity contribution < 1.29 is 23.5 Å². The van der Waals surface area contributed by atoms with E-state index < -0.39 is 29.3 Å². The molecule has 0 aliphatic carbocycles. The molecule has 0 spiro atoms. The zero-order valence-corrected chi connectivity index (χ0v) is 19.0. The highest BCUT2D eigenvalue weighted by atomic mass is 79.9. The number of halogens is 2. The van der Waals surface area contributed by atoms with Crippen LogP contribution in [0.3, 0.4) is 0 Å². The van der Waals surface area contributed by atoms with Crippen LogP contribution in [0, 0.1) is 12.7 Å². The van der Waals surface area contributed by atoms with Gasteiger partial charge in [-0.3, -0.25) is 14.5 Å². The average molecular weight is 506 g/mol. The lowest BCUT2D eigenvalue weighted by atomic mass is 9.94. The van der Waals surface area contributed by atoms with Crippen molar-refractivity contribution in [3.05, 3.63) is 111 Å². The number of furan rings is 1. The highest BCUT2D eigenvalue weighted by Gasteiger charge is 2.46. The summed E-state index contributed by atoms with van der Waals surface area (Å²) in [4.78, 5) is 28.1. The van der Waals surface area contributed by atoms with Gasteiger partial charge in [-0.05, 0) is 48.9 Å². The first kappa shape index (κ1) is 21.2. The van der Waals surface area contributed by atoms with Crippen LogP contribution < -0.4 is 4.90 Å². The normalized spacial score (nSPS) is 16.2. The lowest BCUT2D eigenvalue weighted by Crippen LogP contribution is -2.32. The third kappa shape index (κ3) is 3.45. The average Bonchev–Trinajstić information content (AvgIpc) is 3.33. The maximum absolute atomic E-state index is 15.0. The number of aliphatic hydroxyl groups is 1. The Morgan fingerprint density at radius 3 is 2.55 bits per heavy atom. The molecular formula is C26H17BrFNO4. The highest BCUT2D eigenvalue weighted by molar-refractivity contribution is 9.10. The van der Waals surface area contributed by atoms with Crippen LogP contribution in [-0.2, 0) is 4.79 Å². The van der Waals surface area contributed by atoms with Crippen molar-refractivity contribution >= 4 is 44.3 Å². The summed E-state index contributed by atoms with van der Waals surface area (Å²) in [6.45, 7) is 1.80. The summed E-state index contributed by atoms with van der Waals surface area (Å²) in [6.07, 6.45) is 0. The van der Waals surface area contributed by atoms with Gasteiger partial charge in [-0.25, -0.2) is 4.39 Å². The topological polar surface area (TPSA) is 70.8 Å². The van der Waals surface area contributed by atoms with Gasteiger partial charge in [0.1, 0.15) is 11.4 Å². The molecule has 7 heteroatoms. The first-order valence-corrected chi connectivity index (χ1v) is 11.0. The first-order valence-electron chi connectivity index (χ1n) is 10.2. The number of para-hydroxylation sites is 1. The SMILES string of the molecule is Cc1ccccc1N1C(=O)C(O)=C(C(=O)c2cc3cc(Br)ccc3o2)C1c1ccccc1F. The van der Waals surface area contributed by atoms with Crippen molar-refractivity contribution in [1.29, 1.82) is 0 Å². The fourth-order valence-electron chi connectivity index (χ4n) is 4.17. The molecule has 1 unspecified atom stereocenters. The lowest BCUT2D eigenvalue weighted by molar-refractivity contribution is -0.117. The van der Waals surface area contributed by atoms with Crippen molar-refractivity contribution in [2.45, 2.75) is 13.0 Å². The zero-order chi connectivity index (χ0) is 23.3. The predicted molar refractivity (Wildman–Crippen MR) is 126 cm³/mol. The van der Waals surface area contributed by atoms with Gasteiger partial charge in [-0.2, -0.15) is 0 Å². The van der Waals surface area contributed by atoms with Crippen LogP contribution in [0.4, 0.5) is 10.1 Å². The minimum Gasteiger partial charge on any atom is -0.503 e. The van der Waals surface area contributed by atoms with Gasteiger partial charge in [0.25, 0.3) is 5.91 Å². The summed E-state index contributed by atoms with van der Waals surface area (Å²) in [6, 6.07) is 18.6. The summed E-state index contributed by atoms with van der Waals surface area (Å²) < 4.78 is 21.5. The summed E-state index contributed by atoms with van der Waals surface area (Å²) in [5, 5.41) is 11.5. The molecule has 3 aromatic carbocycles. The van der Waals surface area contributed by atoms with E-state index in [1.807, 2.05) is 6.07 Å². The maximum atomic E-state index is 15.0. The van der Waals surface area contributed by atoms with E-state index in [2.05, 4.69) is 15.9 Å². The second-order valence-corrected chi connectivity index (χ2v) is 8.69. The Morgan fingerprint density at radius 1 is 1.06 bits per heavy atom. The number of anilines is 1. The molecular weight excluding hydrogens is 489 g/mol. The van der Waals surface area contributed by atoms with Crippen LogP contribution in [0.15, 0.2) is 93.0 Å². The van der Waals surface area contributed by atoms with E-state index in [1.165, 1.54) is 23.1 Å². The first-order chi connectivity index (χ1) is 15.9. The molecule has 2 heterocycles. The zero-order valence-electron chi connectivity index (χ0n) is 17.4. The Hall–Kier alpha value is -3.71. The monoisotopic (exact) mass is 505 g/mol. The van der Waals surface area contributed by atoms with Gasteiger partial charge in [0, 0.05) is 21.1 Å². The summed E-state index contributed by atoms with van der Waals surface area (Å²) in [7, 11) is 0. The molecule has 1 aliphatic rings. The van der Waals surface area contributed by atoms with Crippen LogP contribution in [0.1, 0.15) is 27.7 Å². The minimum absolute atomic E-state index is 0.0505. The number of hydrogen-bond donors (Lipinski definition) is 1. The highest BCUT2D eigenvalue weighted by Crippen LogP contribution is 2.44. The molecule has 1 atom stereocenters. The second-order valence-electron chi connectivity index (χ2n) is 7.77. The number of aliphatic hydroxyl groups excluding tert-OH is 1. The number of Topliss-reactive ketones (excluding diaryl/α,β-unsaturated/α-hetero) is 1. The van der Waals surface area contributed by atoms with Gasteiger partial charge in [0.2, 0.25) is 5.78 Å². The van der Waals surface area contributed by atoms with Crippen LogP contribution in [0.25, 0.3) is 11.0 Å². The Balaban J connectivity index is 1.70. The Bertz CT molecular complexity index is 1470. The van der Waals surface area contributed by atoms with Crippen LogP contribution in [-0.4, -0.2) is 16.8 Å². The smallest absolute Gasteiger partial charge is 0.294 e. The number of carbonyl (C=O) groups excluding carboxylic acids is 2. The number of nitrogens with zero attached hydrogens (tertiary/aromatic N) is 1. The Labute approximate surface area is 196 Å². The Kier molecular flexibility index (Phi) is 5.13. The third-order valence-corrected chi connectivity index (χ3v) is 6.22. The molecule has 5 rings (SSSR count). The number of benzene rings is 3. The molecule has 0 radical (unpaired) electrons. The predicted octanol–water partition coefficient (Wildman–Crippen LogP) is 6.43. The maximum Gasteiger partial charge on any atom is 0.294 e. The van der Waals surface area contributed by atoms with E-state index in [9.17, 15) is 19.1 Å². The van der Waals surface area contributed by atoms with Gasteiger partial charge >= 0.3 is 0 Å². The van der Waals surface area contributed by atoms with E-state index in [0.717, 1.165) is 10.0 Å². The molecule has 1 aliphatic heterocycles. The van der Waals surface area contributed by atoms with E-state index >= 15 is 0 Å². The van der Waals surface area contributed by atoms with E-state index in [1.54, 1.807) is 55.5 Å².